The second kappa shape index (κ2) is 65.1. The molecule has 1 unspecified atom stereocenters. The quantitative estimate of drug-likeness (QED) is 0.0261. The molecule has 0 aliphatic heterocycles. The molecule has 0 radical (unpaired) electrons. The van der Waals surface area contributed by atoms with Crippen LogP contribution in [0, 0.1) is 0 Å². The third-order valence-corrected chi connectivity index (χ3v) is 14.4. The van der Waals surface area contributed by atoms with Gasteiger partial charge in [-0.15, -0.1) is 0 Å². The van der Waals surface area contributed by atoms with Crippen molar-refractivity contribution in [2.24, 2.45) is 0 Å². The van der Waals surface area contributed by atoms with Gasteiger partial charge in [-0.2, -0.15) is 0 Å². The predicted molar refractivity (Wildman–Crippen MR) is 334 cm³/mol. The minimum absolute atomic E-state index is 0.0733. The standard InChI is InChI=1S/C71H124O6/c1-4-7-10-13-16-18-20-22-24-26-28-29-30-31-32-33-34-35-36-37-38-39-40-41-43-44-46-48-50-52-55-58-61-64-70(73)76-67-68(66-75-69(72)63-60-57-54-15-12-9-6-3)77-71(74)65-62-59-56-53-51-49-47-45-42-27-25-23-21-19-17-14-11-8-5-2/h7,10,16,18,22-25,28-29,31-32,34-35,68H,4-6,8-9,11-15,17,19-21,26-27,30,33,36-67H2,1-3H3/b10-7-,18-16-,24-22-,25-23-,29-28-,32-31-,35-34-. The number of allylic oxidation sites excluding steroid dienone is 14. The van der Waals surface area contributed by atoms with Gasteiger partial charge in [0.05, 0.1) is 0 Å². The zero-order valence-electron chi connectivity index (χ0n) is 51.0. The molecule has 0 amide bonds. The lowest BCUT2D eigenvalue weighted by atomic mass is 10.0. The molecule has 0 saturated heterocycles. The van der Waals surface area contributed by atoms with Crippen LogP contribution in [0.5, 0.6) is 0 Å². The molecule has 6 nitrogen and oxygen atoms in total. The predicted octanol–water partition coefficient (Wildman–Crippen LogP) is 22.7. The van der Waals surface area contributed by atoms with Gasteiger partial charge in [-0.3, -0.25) is 14.4 Å². The average Bonchev–Trinajstić information content (AvgIpc) is 3.43. The summed E-state index contributed by atoms with van der Waals surface area (Å²) in [6.45, 7) is 6.51. The monoisotopic (exact) mass is 1070 g/mol. The molecule has 0 aliphatic rings. The van der Waals surface area contributed by atoms with Crippen LogP contribution in [0.3, 0.4) is 0 Å². The summed E-state index contributed by atoms with van der Waals surface area (Å²) in [4.78, 5) is 38.1. The molecule has 0 rings (SSSR count). The van der Waals surface area contributed by atoms with E-state index >= 15 is 0 Å². The Morgan fingerprint density at radius 2 is 0.506 bits per heavy atom. The Labute approximate surface area is 477 Å². The van der Waals surface area contributed by atoms with Crippen molar-refractivity contribution in [3.05, 3.63) is 85.1 Å². The highest BCUT2D eigenvalue weighted by Crippen LogP contribution is 2.17. The van der Waals surface area contributed by atoms with Crippen LogP contribution in [0.4, 0.5) is 0 Å². The van der Waals surface area contributed by atoms with Crippen LogP contribution in [0.25, 0.3) is 0 Å². The molecule has 0 spiro atoms. The number of carbonyl (C=O) groups is 3. The Balaban J connectivity index is 4.05. The van der Waals surface area contributed by atoms with E-state index in [1.165, 1.54) is 193 Å². The summed E-state index contributed by atoms with van der Waals surface area (Å²) < 4.78 is 16.8. The van der Waals surface area contributed by atoms with Crippen LogP contribution in [0.1, 0.15) is 329 Å². The van der Waals surface area contributed by atoms with E-state index in [2.05, 4.69) is 106 Å². The molecule has 1 atom stereocenters. The summed E-state index contributed by atoms with van der Waals surface area (Å²) >= 11 is 0. The smallest absolute Gasteiger partial charge is 0.306 e. The number of hydrogen-bond acceptors (Lipinski definition) is 6. The van der Waals surface area contributed by atoms with Gasteiger partial charge < -0.3 is 14.2 Å². The van der Waals surface area contributed by atoms with E-state index in [0.717, 1.165) is 96.3 Å². The lowest BCUT2D eigenvalue weighted by molar-refractivity contribution is -0.167. The summed E-state index contributed by atoms with van der Waals surface area (Å²) in [5, 5.41) is 0. The maximum atomic E-state index is 12.9. The van der Waals surface area contributed by atoms with Crippen molar-refractivity contribution in [1.29, 1.82) is 0 Å². The minimum atomic E-state index is -0.773. The van der Waals surface area contributed by atoms with Gasteiger partial charge in [-0.1, -0.05) is 298 Å². The normalized spacial score (nSPS) is 12.6. The first kappa shape index (κ1) is 73.6. The molecule has 0 aromatic carbocycles. The molecule has 0 heterocycles. The third-order valence-electron chi connectivity index (χ3n) is 14.4. The van der Waals surface area contributed by atoms with Crippen LogP contribution < -0.4 is 0 Å². The summed E-state index contributed by atoms with van der Waals surface area (Å²) in [5.41, 5.74) is 0. The fraction of sp³-hybridized carbons (Fsp3) is 0.761. The number of esters is 3. The Hall–Kier alpha value is -3.41. The molecule has 0 bridgehead atoms. The van der Waals surface area contributed by atoms with Gasteiger partial charge in [-0.25, -0.2) is 0 Å². The van der Waals surface area contributed by atoms with Gasteiger partial charge in [0.1, 0.15) is 13.2 Å². The zero-order chi connectivity index (χ0) is 55.7. The van der Waals surface area contributed by atoms with Gasteiger partial charge in [-0.05, 0) is 96.3 Å². The number of hydrogen-bond donors (Lipinski definition) is 0. The summed E-state index contributed by atoms with van der Waals surface area (Å²) in [7, 11) is 0. The zero-order valence-corrected chi connectivity index (χ0v) is 51.0. The van der Waals surface area contributed by atoms with Gasteiger partial charge in [0, 0.05) is 19.3 Å². The summed E-state index contributed by atoms with van der Waals surface area (Å²) in [6.07, 6.45) is 86.3. The van der Waals surface area contributed by atoms with Crippen molar-refractivity contribution in [2.45, 2.75) is 335 Å². The summed E-state index contributed by atoms with van der Waals surface area (Å²) in [5.74, 6) is -0.869. The second-order valence-electron chi connectivity index (χ2n) is 22.0. The van der Waals surface area contributed by atoms with E-state index in [4.69, 9.17) is 14.2 Å². The molecule has 0 aliphatic carbocycles. The van der Waals surface area contributed by atoms with Crippen molar-refractivity contribution in [2.75, 3.05) is 13.2 Å². The fourth-order valence-electron chi connectivity index (χ4n) is 9.44. The van der Waals surface area contributed by atoms with E-state index in [-0.39, 0.29) is 31.1 Å². The number of carbonyl (C=O) groups excluding carboxylic acids is 3. The first-order chi connectivity index (χ1) is 38.0. The van der Waals surface area contributed by atoms with Gasteiger partial charge in [0.2, 0.25) is 0 Å². The highest BCUT2D eigenvalue weighted by Gasteiger charge is 2.19. The van der Waals surface area contributed by atoms with Crippen molar-refractivity contribution < 1.29 is 28.6 Å². The molecule has 444 valence electrons. The van der Waals surface area contributed by atoms with E-state index < -0.39 is 6.10 Å². The lowest BCUT2D eigenvalue weighted by Gasteiger charge is -2.18. The molecule has 0 fully saturated rings. The SMILES string of the molecule is CC/C=C\C/C=C\C/C=C\C/C=C\C/C=C\C/C=C\CCCCCCCCCCCCCCCCC(=O)OCC(COC(=O)CCCCCCCCC)OC(=O)CCCCCCCCCCC/C=C\CCCCCCCC. The lowest BCUT2D eigenvalue weighted by Crippen LogP contribution is -2.30. The first-order valence-electron chi connectivity index (χ1n) is 33.1. The third kappa shape index (κ3) is 63.3. The highest BCUT2D eigenvalue weighted by molar-refractivity contribution is 5.71. The van der Waals surface area contributed by atoms with Gasteiger partial charge in [0.25, 0.3) is 0 Å². The molecule has 0 N–H and O–H groups in total. The molecule has 0 aromatic heterocycles. The average molecular weight is 1070 g/mol. The minimum Gasteiger partial charge on any atom is -0.462 e. The maximum absolute atomic E-state index is 12.9. The number of rotatable bonds is 60. The topological polar surface area (TPSA) is 78.9 Å². The van der Waals surface area contributed by atoms with Crippen molar-refractivity contribution >= 4 is 17.9 Å². The maximum Gasteiger partial charge on any atom is 0.306 e. The molecule has 77 heavy (non-hydrogen) atoms. The van der Waals surface area contributed by atoms with E-state index in [0.29, 0.717) is 19.3 Å². The Morgan fingerprint density at radius 1 is 0.273 bits per heavy atom. The summed E-state index contributed by atoms with van der Waals surface area (Å²) in [6, 6.07) is 0. The van der Waals surface area contributed by atoms with Crippen LogP contribution in [0.2, 0.25) is 0 Å². The van der Waals surface area contributed by atoms with Crippen molar-refractivity contribution in [3.8, 4) is 0 Å². The molecule has 6 heteroatoms. The van der Waals surface area contributed by atoms with Crippen LogP contribution in [-0.4, -0.2) is 37.2 Å². The fourth-order valence-corrected chi connectivity index (χ4v) is 9.44. The van der Waals surface area contributed by atoms with E-state index in [1.54, 1.807) is 0 Å². The Morgan fingerprint density at radius 3 is 0.805 bits per heavy atom. The van der Waals surface area contributed by atoms with Crippen LogP contribution >= 0.6 is 0 Å². The highest BCUT2D eigenvalue weighted by atomic mass is 16.6. The Kier molecular flexibility index (Phi) is 62.2. The van der Waals surface area contributed by atoms with E-state index in [9.17, 15) is 14.4 Å². The van der Waals surface area contributed by atoms with E-state index in [1.807, 2.05) is 0 Å². The first-order valence-corrected chi connectivity index (χ1v) is 33.1. The number of ether oxygens (including phenoxy) is 3. The second-order valence-corrected chi connectivity index (χ2v) is 22.0. The van der Waals surface area contributed by atoms with Crippen molar-refractivity contribution in [3.63, 3.8) is 0 Å². The van der Waals surface area contributed by atoms with Crippen molar-refractivity contribution in [1.82, 2.24) is 0 Å². The molecular weight excluding hydrogens is 949 g/mol. The Bertz CT molecular complexity index is 1470. The molecule has 0 aromatic rings. The largest absolute Gasteiger partial charge is 0.462 e. The van der Waals surface area contributed by atoms with Gasteiger partial charge >= 0.3 is 17.9 Å². The molecule has 0 saturated carbocycles. The van der Waals surface area contributed by atoms with Gasteiger partial charge in [0.15, 0.2) is 6.10 Å². The number of unbranched alkanes of at least 4 members (excludes halogenated alkanes) is 35. The molecular formula is C71H124O6. The van der Waals surface area contributed by atoms with Crippen LogP contribution in [0.15, 0.2) is 85.1 Å². The van der Waals surface area contributed by atoms with Crippen LogP contribution in [-0.2, 0) is 28.6 Å².